The molecule has 0 aliphatic heterocycles. The lowest BCUT2D eigenvalue weighted by Gasteiger charge is -2.22. The van der Waals surface area contributed by atoms with Gasteiger partial charge in [-0.2, -0.15) is 0 Å². The first-order valence-corrected chi connectivity index (χ1v) is 6.00. The first-order valence-electron chi connectivity index (χ1n) is 6.00. The van der Waals surface area contributed by atoms with Gasteiger partial charge in [-0.05, 0) is 19.3 Å². The van der Waals surface area contributed by atoms with Crippen molar-refractivity contribution in [2.24, 2.45) is 5.92 Å². The molecule has 1 amide bonds. The van der Waals surface area contributed by atoms with Crippen LogP contribution >= 0.6 is 0 Å². The number of nitrogens with one attached hydrogen (secondary N) is 1. The normalized spacial score (nSPS) is 13.2. The smallest absolute Gasteiger partial charge is 0.407 e. The summed E-state index contributed by atoms with van der Waals surface area (Å²) >= 11 is 0. The van der Waals surface area contributed by atoms with Gasteiger partial charge < -0.3 is 10.1 Å². The standard InChI is InChI=1S/C10H21NO2.C2H6/c1-5-7-9(6-2)8(3)11-10(12)13-4;1-2/h8-9H,5-7H2,1-4H3,(H,11,12);1-2H3. The Bertz CT molecular complexity index is 149. The minimum atomic E-state index is -0.331. The molecule has 0 rings (SSSR count). The fourth-order valence-corrected chi connectivity index (χ4v) is 1.54. The van der Waals surface area contributed by atoms with E-state index < -0.39 is 0 Å². The van der Waals surface area contributed by atoms with E-state index >= 15 is 0 Å². The summed E-state index contributed by atoms with van der Waals surface area (Å²) in [6.45, 7) is 10.3. The average Bonchev–Trinajstić information content (AvgIpc) is 2.28. The maximum atomic E-state index is 10.9. The Balaban J connectivity index is 0. The molecule has 3 heteroatoms. The fourth-order valence-electron chi connectivity index (χ4n) is 1.54. The number of alkyl carbamates (subject to hydrolysis) is 1. The first-order chi connectivity index (χ1) is 7.15. The van der Waals surface area contributed by atoms with Crippen LogP contribution in [0.4, 0.5) is 4.79 Å². The van der Waals surface area contributed by atoms with Crippen LogP contribution in [0.5, 0.6) is 0 Å². The second kappa shape index (κ2) is 11.3. The molecule has 3 nitrogen and oxygen atoms in total. The molecular formula is C12H27NO2. The van der Waals surface area contributed by atoms with Crippen LogP contribution in [0.25, 0.3) is 0 Å². The Morgan fingerprint density at radius 3 is 2.20 bits per heavy atom. The van der Waals surface area contributed by atoms with Crippen LogP contribution in [-0.2, 0) is 4.74 Å². The Kier molecular flexibility index (Phi) is 12.6. The van der Waals surface area contributed by atoms with Gasteiger partial charge in [0.25, 0.3) is 0 Å². The van der Waals surface area contributed by atoms with Crippen LogP contribution in [0.1, 0.15) is 53.9 Å². The lowest BCUT2D eigenvalue weighted by Crippen LogP contribution is -2.37. The molecule has 0 saturated carbocycles. The van der Waals surface area contributed by atoms with Crippen molar-refractivity contribution in [1.82, 2.24) is 5.32 Å². The van der Waals surface area contributed by atoms with Gasteiger partial charge >= 0.3 is 6.09 Å². The third-order valence-electron chi connectivity index (χ3n) is 2.42. The van der Waals surface area contributed by atoms with E-state index in [1.54, 1.807) is 0 Å². The minimum absolute atomic E-state index is 0.206. The van der Waals surface area contributed by atoms with E-state index in [0.717, 1.165) is 19.3 Å². The van der Waals surface area contributed by atoms with Gasteiger partial charge in [-0.15, -0.1) is 0 Å². The quantitative estimate of drug-likeness (QED) is 0.764. The number of carbonyl (C=O) groups is 1. The van der Waals surface area contributed by atoms with Crippen molar-refractivity contribution >= 4 is 6.09 Å². The summed E-state index contributed by atoms with van der Waals surface area (Å²) < 4.78 is 4.54. The lowest BCUT2D eigenvalue weighted by atomic mass is 9.93. The molecule has 0 aliphatic carbocycles. The molecule has 2 unspecified atom stereocenters. The summed E-state index contributed by atoms with van der Waals surface area (Å²) in [7, 11) is 1.39. The van der Waals surface area contributed by atoms with Crippen LogP contribution in [0.2, 0.25) is 0 Å². The van der Waals surface area contributed by atoms with Gasteiger partial charge in [0.15, 0.2) is 0 Å². The maximum absolute atomic E-state index is 10.9. The van der Waals surface area contributed by atoms with Crippen LogP contribution in [-0.4, -0.2) is 19.2 Å². The summed E-state index contributed by atoms with van der Waals surface area (Å²) in [5.41, 5.74) is 0. The van der Waals surface area contributed by atoms with Gasteiger partial charge in [-0.25, -0.2) is 4.79 Å². The van der Waals surface area contributed by atoms with Crippen LogP contribution < -0.4 is 5.32 Å². The zero-order valence-electron chi connectivity index (χ0n) is 11.1. The minimum Gasteiger partial charge on any atom is -0.453 e. The Hall–Kier alpha value is -0.730. The van der Waals surface area contributed by atoms with Crippen molar-refractivity contribution < 1.29 is 9.53 Å². The second-order valence-corrected chi connectivity index (χ2v) is 3.38. The number of ether oxygens (including phenoxy) is 1. The van der Waals surface area contributed by atoms with Gasteiger partial charge in [-0.3, -0.25) is 0 Å². The van der Waals surface area contributed by atoms with Crippen LogP contribution in [0, 0.1) is 5.92 Å². The molecule has 15 heavy (non-hydrogen) atoms. The number of hydrogen-bond acceptors (Lipinski definition) is 2. The van der Waals surface area contributed by atoms with Crippen molar-refractivity contribution in [1.29, 1.82) is 0 Å². The van der Waals surface area contributed by atoms with Crippen LogP contribution in [0.3, 0.4) is 0 Å². The molecule has 2 atom stereocenters. The van der Waals surface area contributed by atoms with Crippen molar-refractivity contribution in [3.8, 4) is 0 Å². The first kappa shape index (κ1) is 16.7. The predicted molar refractivity (Wildman–Crippen MR) is 65.0 cm³/mol. The SMILES string of the molecule is CC.CCCC(CC)C(C)NC(=O)OC. The number of carbonyl (C=O) groups excluding carboxylic acids is 1. The molecule has 0 bridgehead atoms. The highest BCUT2D eigenvalue weighted by Gasteiger charge is 2.16. The third-order valence-corrected chi connectivity index (χ3v) is 2.42. The molecule has 0 aromatic carbocycles. The van der Waals surface area contributed by atoms with Gasteiger partial charge in [-0.1, -0.05) is 40.5 Å². The molecule has 0 saturated heterocycles. The molecular weight excluding hydrogens is 190 g/mol. The van der Waals surface area contributed by atoms with E-state index in [2.05, 4.69) is 23.9 Å². The van der Waals surface area contributed by atoms with Crippen molar-refractivity contribution in [3.63, 3.8) is 0 Å². The fraction of sp³-hybridized carbons (Fsp3) is 0.917. The van der Waals surface area contributed by atoms with Gasteiger partial charge in [0, 0.05) is 6.04 Å². The predicted octanol–water partition coefficient (Wildman–Crippen LogP) is 3.58. The van der Waals surface area contributed by atoms with Crippen molar-refractivity contribution in [2.45, 2.75) is 59.9 Å². The molecule has 0 aliphatic rings. The second-order valence-electron chi connectivity index (χ2n) is 3.38. The molecule has 1 N–H and O–H groups in total. The van der Waals surface area contributed by atoms with E-state index in [1.165, 1.54) is 7.11 Å². The monoisotopic (exact) mass is 217 g/mol. The molecule has 0 radical (unpaired) electrons. The largest absolute Gasteiger partial charge is 0.453 e. The molecule has 0 heterocycles. The molecule has 92 valence electrons. The summed E-state index contributed by atoms with van der Waals surface area (Å²) in [5, 5.41) is 2.80. The van der Waals surface area contributed by atoms with E-state index in [4.69, 9.17) is 0 Å². The number of methoxy groups -OCH3 is 1. The molecule has 0 aromatic rings. The highest BCUT2D eigenvalue weighted by atomic mass is 16.5. The van der Waals surface area contributed by atoms with Gasteiger partial charge in [0.2, 0.25) is 0 Å². The van der Waals surface area contributed by atoms with E-state index in [9.17, 15) is 4.79 Å². The summed E-state index contributed by atoms with van der Waals surface area (Å²) in [6.07, 6.45) is 3.08. The summed E-state index contributed by atoms with van der Waals surface area (Å²) in [5.74, 6) is 0.559. The lowest BCUT2D eigenvalue weighted by molar-refractivity contribution is 0.162. The van der Waals surface area contributed by atoms with E-state index in [1.807, 2.05) is 20.8 Å². The maximum Gasteiger partial charge on any atom is 0.407 e. The van der Waals surface area contributed by atoms with Gasteiger partial charge in [0.1, 0.15) is 0 Å². The average molecular weight is 217 g/mol. The number of amides is 1. The van der Waals surface area contributed by atoms with Crippen molar-refractivity contribution in [2.75, 3.05) is 7.11 Å². The Morgan fingerprint density at radius 1 is 1.33 bits per heavy atom. The summed E-state index contributed by atoms with van der Waals surface area (Å²) in [4.78, 5) is 10.9. The molecule has 0 spiro atoms. The third kappa shape index (κ3) is 8.28. The highest BCUT2D eigenvalue weighted by Crippen LogP contribution is 2.15. The number of hydrogen-bond donors (Lipinski definition) is 1. The van der Waals surface area contributed by atoms with E-state index in [0.29, 0.717) is 5.92 Å². The zero-order chi connectivity index (χ0) is 12.3. The number of rotatable bonds is 5. The van der Waals surface area contributed by atoms with E-state index in [-0.39, 0.29) is 12.1 Å². The Morgan fingerprint density at radius 2 is 1.87 bits per heavy atom. The highest BCUT2D eigenvalue weighted by molar-refractivity contribution is 5.67. The summed E-state index contributed by atoms with van der Waals surface area (Å²) in [6, 6.07) is 0.206. The van der Waals surface area contributed by atoms with Crippen LogP contribution in [0.15, 0.2) is 0 Å². The molecule has 0 aromatic heterocycles. The van der Waals surface area contributed by atoms with Crippen molar-refractivity contribution in [3.05, 3.63) is 0 Å². The Labute approximate surface area is 94.6 Å². The zero-order valence-corrected chi connectivity index (χ0v) is 11.1. The van der Waals surface area contributed by atoms with Gasteiger partial charge in [0.05, 0.1) is 7.11 Å². The molecule has 0 fully saturated rings. The topological polar surface area (TPSA) is 38.3 Å².